The molecule has 0 atom stereocenters. The highest BCUT2D eigenvalue weighted by Gasteiger charge is 2.03. The van der Waals surface area contributed by atoms with Crippen LogP contribution in [0.15, 0.2) is 73.2 Å². The molecule has 0 spiro atoms. The quantitative estimate of drug-likeness (QED) is 0.677. The van der Waals surface area contributed by atoms with Crippen LogP contribution in [-0.4, -0.2) is 9.55 Å². The van der Waals surface area contributed by atoms with Crippen LogP contribution in [0.4, 0.5) is 0 Å². The van der Waals surface area contributed by atoms with E-state index < -0.39 is 0 Å². The average molecular weight is 234 g/mol. The van der Waals surface area contributed by atoms with Gasteiger partial charge in [0, 0.05) is 36.4 Å². The Balaban J connectivity index is 1.93. The number of pyridine rings is 1. The maximum Gasteiger partial charge on any atom is 0.0499 e. The molecule has 0 bridgehead atoms. The van der Waals surface area contributed by atoms with E-state index in [4.69, 9.17) is 0 Å². The molecular formula is C16H14N2. The minimum atomic E-state index is 0.887. The minimum absolute atomic E-state index is 0.887. The van der Waals surface area contributed by atoms with Crippen LogP contribution in [0.1, 0.15) is 5.56 Å². The molecule has 0 aliphatic heterocycles. The molecule has 0 fully saturated rings. The third kappa shape index (κ3) is 2.18. The summed E-state index contributed by atoms with van der Waals surface area (Å²) in [6.07, 6.45) is 5.81. The fourth-order valence-electron chi connectivity index (χ4n) is 2.11. The van der Waals surface area contributed by atoms with Crippen molar-refractivity contribution in [2.45, 2.75) is 6.54 Å². The predicted octanol–water partition coefficient (Wildman–Crippen LogP) is 3.60. The smallest absolute Gasteiger partial charge is 0.0499 e. The van der Waals surface area contributed by atoms with Gasteiger partial charge in [-0.25, -0.2) is 0 Å². The number of hydrogen-bond acceptors (Lipinski definition) is 1. The first-order chi connectivity index (χ1) is 8.93. The van der Waals surface area contributed by atoms with Gasteiger partial charge in [0.25, 0.3) is 0 Å². The summed E-state index contributed by atoms with van der Waals surface area (Å²) in [4.78, 5) is 4.18. The standard InChI is InChI=1S/C16H14N2/c1-2-6-14(7-3-1)13-18-11-5-9-16(18)15-8-4-10-17-12-15/h1-12H,13H2. The fraction of sp³-hybridized carbons (Fsp3) is 0.0625. The average Bonchev–Trinajstić information content (AvgIpc) is 2.89. The first kappa shape index (κ1) is 10.8. The zero-order valence-electron chi connectivity index (χ0n) is 10.0. The van der Waals surface area contributed by atoms with Gasteiger partial charge < -0.3 is 4.57 Å². The first-order valence-corrected chi connectivity index (χ1v) is 6.03. The van der Waals surface area contributed by atoms with Crippen LogP contribution in [-0.2, 0) is 6.54 Å². The normalized spacial score (nSPS) is 10.4. The lowest BCUT2D eigenvalue weighted by atomic mass is 10.2. The summed E-state index contributed by atoms with van der Waals surface area (Å²) in [5.41, 5.74) is 3.66. The molecule has 2 aromatic heterocycles. The number of aromatic nitrogens is 2. The molecule has 0 amide bonds. The van der Waals surface area contributed by atoms with Gasteiger partial charge in [-0.05, 0) is 29.8 Å². The number of nitrogens with zero attached hydrogens (tertiary/aromatic N) is 2. The van der Waals surface area contributed by atoms with Crippen molar-refractivity contribution in [3.63, 3.8) is 0 Å². The van der Waals surface area contributed by atoms with Crippen molar-refractivity contribution in [2.24, 2.45) is 0 Å². The topological polar surface area (TPSA) is 17.8 Å². The van der Waals surface area contributed by atoms with Gasteiger partial charge in [-0.3, -0.25) is 4.98 Å². The molecule has 88 valence electrons. The van der Waals surface area contributed by atoms with Crippen molar-refractivity contribution in [1.29, 1.82) is 0 Å². The summed E-state index contributed by atoms with van der Waals surface area (Å²) >= 11 is 0. The van der Waals surface area contributed by atoms with Crippen LogP contribution in [0.5, 0.6) is 0 Å². The van der Waals surface area contributed by atoms with E-state index in [2.05, 4.69) is 58.2 Å². The maximum absolute atomic E-state index is 4.18. The largest absolute Gasteiger partial charge is 0.343 e. The molecule has 2 nitrogen and oxygen atoms in total. The summed E-state index contributed by atoms with van der Waals surface area (Å²) in [5.74, 6) is 0. The molecule has 0 radical (unpaired) electrons. The fourth-order valence-corrected chi connectivity index (χ4v) is 2.11. The minimum Gasteiger partial charge on any atom is -0.343 e. The molecule has 0 aliphatic carbocycles. The van der Waals surface area contributed by atoms with Crippen LogP contribution in [0, 0.1) is 0 Å². The monoisotopic (exact) mass is 234 g/mol. The molecule has 0 unspecified atom stereocenters. The van der Waals surface area contributed by atoms with Crippen molar-refractivity contribution in [2.75, 3.05) is 0 Å². The maximum atomic E-state index is 4.18. The molecule has 2 heteroatoms. The Hall–Kier alpha value is -2.35. The second-order valence-corrected chi connectivity index (χ2v) is 4.25. The van der Waals surface area contributed by atoms with Gasteiger partial charge in [-0.2, -0.15) is 0 Å². The summed E-state index contributed by atoms with van der Waals surface area (Å²) in [5, 5.41) is 0. The van der Waals surface area contributed by atoms with E-state index in [0.717, 1.165) is 12.1 Å². The van der Waals surface area contributed by atoms with Gasteiger partial charge in [-0.1, -0.05) is 30.3 Å². The van der Waals surface area contributed by atoms with Crippen molar-refractivity contribution < 1.29 is 0 Å². The summed E-state index contributed by atoms with van der Waals surface area (Å²) in [6.45, 7) is 0.887. The first-order valence-electron chi connectivity index (χ1n) is 6.03. The lowest BCUT2D eigenvalue weighted by Crippen LogP contribution is -1.99. The lowest BCUT2D eigenvalue weighted by Gasteiger charge is -2.09. The van der Waals surface area contributed by atoms with Crippen molar-refractivity contribution in [3.05, 3.63) is 78.8 Å². The molecule has 0 saturated heterocycles. The van der Waals surface area contributed by atoms with Crippen LogP contribution in [0.2, 0.25) is 0 Å². The third-order valence-corrected chi connectivity index (χ3v) is 2.98. The Kier molecular flexibility index (Phi) is 2.92. The second kappa shape index (κ2) is 4.88. The van der Waals surface area contributed by atoms with Crippen LogP contribution in [0.3, 0.4) is 0 Å². The van der Waals surface area contributed by atoms with E-state index in [0.29, 0.717) is 0 Å². The molecule has 3 rings (SSSR count). The van der Waals surface area contributed by atoms with Gasteiger partial charge in [0.1, 0.15) is 0 Å². The predicted molar refractivity (Wildman–Crippen MR) is 73.2 cm³/mol. The van der Waals surface area contributed by atoms with Crippen molar-refractivity contribution >= 4 is 0 Å². The van der Waals surface area contributed by atoms with Crippen molar-refractivity contribution in [1.82, 2.24) is 9.55 Å². The van der Waals surface area contributed by atoms with Crippen LogP contribution < -0.4 is 0 Å². The van der Waals surface area contributed by atoms with Gasteiger partial charge in [0.2, 0.25) is 0 Å². The Bertz CT molecular complexity index is 612. The molecule has 0 saturated carbocycles. The Morgan fingerprint density at radius 3 is 2.56 bits per heavy atom. The summed E-state index contributed by atoms with van der Waals surface area (Å²) in [7, 11) is 0. The van der Waals surface area contributed by atoms with E-state index in [1.54, 1.807) is 6.20 Å². The number of rotatable bonds is 3. The SMILES string of the molecule is c1ccc(Cn2cccc2-c2cccnc2)cc1. The van der Waals surface area contributed by atoms with E-state index in [1.165, 1.54) is 11.3 Å². The Morgan fingerprint density at radius 1 is 0.889 bits per heavy atom. The molecule has 0 N–H and O–H groups in total. The molecule has 1 aromatic carbocycles. The van der Waals surface area contributed by atoms with E-state index >= 15 is 0 Å². The highest BCUT2D eigenvalue weighted by molar-refractivity contribution is 5.58. The zero-order chi connectivity index (χ0) is 12.2. The lowest BCUT2D eigenvalue weighted by molar-refractivity contribution is 0.814. The van der Waals surface area contributed by atoms with Gasteiger partial charge in [0.15, 0.2) is 0 Å². The summed E-state index contributed by atoms with van der Waals surface area (Å²) in [6, 6.07) is 18.7. The summed E-state index contributed by atoms with van der Waals surface area (Å²) < 4.78 is 2.24. The molecule has 0 aliphatic rings. The van der Waals surface area contributed by atoms with Crippen LogP contribution in [0.25, 0.3) is 11.3 Å². The van der Waals surface area contributed by atoms with E-state index in [9.17, 15) is 0 Å². The van der Waals surface area contributed by atoms with Crippen molar-refractivity contribution in [3.8, 4) is 11.3 Å². The zero-order valence-corrected chi connectivity index (χ0v) is 10.0. The number of hydrogen-bond donors (Lipinski definition) is 0. The molecule has 18 heavy (non-hydrogen) atoms. The van der Waals surface area contributed by atoms with E-state index in [-0.39, 0.29) is 0 Å². The molecular weight excluding hydrogens is 220 g/mol. The highest BCUT2D eigenvalue weighted by atomic mass is 15.0. The van der Waals surface area contributed by atoms with E-state index in [1.807, 2.05) is 18.3 Å². The highest BCUT2D eigenvalue weighted by Crippen LogP contribution is 2.19. The molecule has 3 aromatic rings. The van der Waals surface area contributed by atoms with Crippen LogP contribution >= 0.6 is 0 Å². The van der Waals surface area contributed by atoms with Gasteiger partial charge in [-0.15, -0.1) is 0 Å². The second-order valence-electron chi connectivity index (χ2n) is 4.25. The van der Waals surface area contributed by atoms with Gasteiger partial charge >= 0.3 is 0 Å². The third-order valence-electron chi connectivity index (χ3n) is 2.98. The Labute approximate surface area is 107 Å². The van der Waals surface area contributed by atoms with Gasteiger partial charge in [0.05, 0.1) is 0 Å². The molecule has 2 heterocycles. The Morgan fingerprint density at radius 2 is 1.78 bits per heavy atom. The number of benzene rings is 1.